The maximum atomic E-state index is 11.9. The van der Waals surface area contributed by atoms with Crippen LogP contribution in [-0.4, -0.2) is 53.4 Å². The molecule has 5 heteroatoms. The molecule has 1 spiro atoms. The van der Waals surface area contributed by atoms with Gasteiger partial charge in [-0.25, -0.2) is 4.79 Å². The fourth-order valence-electron chi connectivity index (χ4n) is 3.59. The molecule has 0 aromatic carbocycles. The molecule has 0 aliphatic carbocycles. The molecule has 2 fully saturated rings. The highest BCUT2D eigenvalue weighted by molar-refractivity contribution is 6.06. The van der Waals surface area contributed by atoms with Crippen LogP contribution in [0.1, 0.15) is 12.8 Å². The molecule has 5 nitrogen and oxygen atoms in total. The van der Waals surface area contributed by atoms with Crippen LogP contribution in [0.25, 0.3) is 0 Å². The molecule has 3 heterocycles. The molecule has 0 radical (unpaired) electrons. The van der Waals surface area contributed by atoms with Gasteiger partial charge in [-0.05, 0) is 19.4 Å². The van der Waals surface area contributed by atoms with Crippen LogP contribution in [0.2, 0.25) is 0 Å². The minimum atomic E-state index is -0.321. The van der Waals surface area contributed by atoms with E-state index < -0.39 is 0 Å². The number of carbonyl (C=O) groups excluding carboxylic acids is 1. The van der Waals surface area contributed by atoms with Gasteiger partial charge in [-0.2, -0.15) is 4.99 Å². The predicted molar refractivity (Wildman–Crippen MR) is 65.8 cm³/mol. The molecule has 3 aliphatic rings. The molecule has 0 saturated carbocycles. The number of amidine groups is 1. The quantitative estimate of drug-likeness (QED) is 0.705. The summed E-state index contributed by atoms with van der Waals surface area (Å²) in [6.45, 7) is 7.44. The van der Waals surface area contributed by atoms with Crippen molar-refractivity contribution >= 4 is 11.9 Å². The Balaban J connectivity index is 2.00. The Morgan fingerprint density at radius 3 is 3.18 bits per heavy atom. The zero-order chi connectivity index (χ0) is 12.0. The first kappa shape index (κ1) is 10.8. The van der Waals surface area contributed by atoms with Gasteiger partial charge < -0.3 is 15.5 Å². The molecule has 2 N–H and O–H groups in total. The van der Waals surface area contributed by atoms with Gasteiger partial charge in [-0.1, -0.05) is 6.08 Å². The lowest BCUT2D eigenvalue weighted by Gasteiger charge is -2.45. The Hall–Kier alpha value is -1.36. The smallest absolute Gasteiger partial charge is 0.346 e. The summed E-state index contributed by atoms with van der Waals surface area (Å²) < 4.78 is 0. The molecule has 0 aromatic rings. The fraction of sp³-hybridized carbons (Fsp3) is 0.667. The Morgan fingerprint density at radius 2 is 2.41 bits per heavy atom. The second-order valence-corrected chi connectivity index (χ2v) is 5.14. The van der Waals surface area contributed by atoms with Crippen molar-refractivity contribution in [1.29, 1.82) is 0 Å². The van der Waals surface area contributed by atoms with Crippen molar-refractivity contribution < 1.29 is 4.79 Å². The average Bonchev–Trinajstić information content (AvgIpc) is 2.79. The molecule has 92 valence electrons. The molecule has 3 unspecified atom stereocenters. The van der Waals surface area contributed by atoms with Gasteiger partial charge >= 0.3 is 6.03 Å². The number of hydrogen-bond acceptors (Lipinski definition) is 3. The SMILES string of the molecule is C=CCN1C(=O)N=C(N)C12CCN1CCC2C1. The third kappa shape index (κ3) is 1.29. The Kier molecular flexibility index (Phi) is 2.26. The zero-order valence-corrected chi connectivity index (χ0v) is 9.93. The highest BCUT2D eigenvalue weighted by Gasteiger charge is 2.56. The fourth-order valence-corrected chi connectivity index (χ4v) is 3.59. The highest BCUT2D eigenvalue weighted by atomic mass is 16.2. The molecule has 2 saturated heterocycles. The van der Waals surface area contributed by atoms with Crippen LogP contribution in [-0.2, 0) is 0 Å². The van der Waals surface area contributed by atoms with Crippen LogP contribution in [0.15, 0.2) is 17.6 Å². The maximum Gasteiger partial charge on any atom is 0.346 e. The van der Waals surface area contributed by atoms with Crippen molar-refractivity contribution in [3.63, 3.8) is 0 Å². The van der Waals surface area contributed by atoms with Gasteiger partial charge in [-0.15, -0.1) is 6.58 Å². The number of rotatable bonds is 2. The number of carbonyl (C=O) groups is 1. The molecule has 17 heavy (non-hydrogen) atoms. The lowest BCUT2D eigenvalue weighted by molar-refractivity contribution is 0.0989. The van der Waals surface area contributed by atoms with E-state index in [1.165, 1.54) is 0 Å². The summed E-state index contributed by atoms with van der Waals surface area (Å²) in [7, 11) is 0. The van der Waals surface area contributed by atoms with Crippen LogP contribution in [0.5, 0.6) is 0 Å². The van der Waals surface area contributed by atoms with Crippen molar-refractivity contribution in [3.05, 3.63) is 12.7 Å². The number of amides is 2. The molecule has 2 bridgehead atoms. The second kappa shape index (κ2) is 3.57. The van der Waals surface area contributed by atoms with E-state index in [9.17, 15) is 4.79 Å². The monoisotopic (exact) mass is 234 g/mol. The summed E-state index contributed by atoms with van der Waals surface area (Å²) in [6.07, 6.45) is 3.78. The summed E-state index contributed by atoms with van der Waals surface area (Å²) in [6, 6.07) is -0.192. The Morgan fingerprint density at radius 1 is 1.59 bits per heavy atom. The van der Waals surface area contributed by atoms with Crippen molar-refractivity contribution in [2.75, 3.05) is 26.2 Å². The second-order valence-electron chi connectivity index (χ2n) is 5.14. The average molecular weight is 234 g/mol. The van der Waals surface area contributed by atoms with Crippen LogP contribution in [0.3, 0.4) is 0 Å². The van der Waals surface area contributed by atoms with Gasteiger partial charge in [0.25, 0.3) is 0 Å². The third-order valence-corrected chi connectivity index (χ3v) is 4.44. The summed E-state index contributed by atoms with van der Waals surface area (Å²) in [4.78, 5) is 20.2. The van der Waals surface area contributed by atoms with E-state index in [1.54, 1.807) is 6.08 Å². The number of aliphatic imine (C=N–C) groups is 1. The van der Waals surface area contributed by atoms with Gasteiger partial charge in [-0.3, -0.25) is 0 Å². The van der Waals surface area contributed by atoms with E-state index in [2.05, 4.69) is 16.5 Å². The van der Waals surface area contributed by atoms with E-state index in [0.717, 1.165) is 32.5 Å². The Labute approximate surface area is 101 Å². The van der Waals surface area contributed by atoms with E-state index in [4.69, 9.17) is 5.73 Å². The topological polar surface area (TPSA) is 61.9 Å². The van der Waals surface area contributed by atoms with Crippen molar-refractivity contribution in [3.8, 4) is 0 Å². The number of hydrogen-bond donors (Lipinski definition) is 1. The zero-order valence-electron chi connectivity index (χ0n) is 9.93. The normalized spacial score (nSPS) is 39.9. The van der Waals surface area contributed by atoms with Crippen LogP contribution >= 0.6 is 0 Å². The van der Waals surface area contributed by atoms with Gasteiger partial charge in [0.05, 0.1) is 0 Å². The van der Waals surface area contributed by atoms with Gasteiger partial charge in [0.15, 0.2) is 0 Å². The van der Waals surface area contributed by atoms with E-state index in [0.29, 0.717) is 18.3 Å². The molecule has 3 atom stereocenters. The molecule has 3 aliphatic heterocycles. The number of piperidine rings is 1. The van der Waals surface area contributed by atoms with Crippen LogP contribution < -0.4 is 5.73 Å². The van der Waals surface area contributed by atoms with Gasteiger partial charge in [0.1, 0.15) is 11.4 Å². The number of nitrogens with zero attached hydrogens (tertiary/aromatic N) is 3. The number of urea groups is 1. The van der Waals surface area contributed by atoms with Crippen molar-refractivity contribution in [2.45, 2.75) is 18.4 Å². The highest BCUT2D eigenvalue weighted by Crippen LogP contribution is 2.42. The van der Waals surface area contributed by atoms with Crippen molar-refractivity contribution in [1.82, 2.24) is 9.80 Å². The van der Waals surface area contributed by atoms with E-state index >= 15 is 0 Å². The lowest BCUT2D eigenvalue weighted by atomic mass is 9.77. The molecular formula is C12H18N4O. The Bertz CT molecular complexity index is 405. The first-order chi connectivity index (χ1) is 8.18. The van der Waals surface area contributed by atoms with Crippen LogP contribution in [0.4, 0.5) is 4.79 Å². The van der Waals surface area contributed by atoms with Crippen molar-refractivity contribution in [2.24, 2.45) is 16.6 Å². The molecular weight excluding hydrogens is 216 g/mol. The molecule has 3 rings (SSSR count). The number of fused-ring (bicyclic) bond motifs is 3. The van der Waals surface area contributed by atoms with E-state index in [-0.39, 0.29) is 11.6 Å². The van der Waals surface area contributed by atoms with Gasteiger partial charge in [0, 0.05) is 25.6 Å². The third-order valence-electron chi connectivity index (χ3n) is 4.44. The molecule has 2 amide bonds. The summed E-state index contributed by atoms with van der Waals surface area (Å²) >= 11 is 0. The summed E-state index contributed by atoms with van der Waals surface area (Å²) in [5, 5.41) is 0. The largest absolute Gasteiger partial charge is 0.385 e. The first-order valence-corrected chi connectivity index (χ1v) is 6.18. The lowest BCUT2D eigenvalue weighted by Crippen LogP contribution is -2.62. The first-order valence-electron chi connectivity index (χ1n) is 6.18. The summed E-state index contributed by atoms with van der Waals surface area (Å²) in [5.41, 5.74) is 5.75. The number of nitrogens with two attached hydrogens (primary N) is 1. The van der Waals surface area contributed by atoms with Gasteiger partial charge in [0.2, 0.25) is 0 Å². The summed E-state index contributed by atoms with van der Waals surface area (Å²) in [5.74, 6) is 0.960. The standard InChI is InChI=1S/C12H18N4O/c1-2-5-16-11(17)14-10(13)12(16)4-7-15-6-3-9(12)8-15/h2,9H,1,3-8H2,(H2,13,14,17). The predicted octanol–water partition coefficient (Wildman–Crippen LogP) is 0.430. The van der Waals surface area contributed by atoms with E-state index in [1.807, 2.05) is 4.90 Å². The minimum Gasteiger partial charge on any atom is -0.385 e. The van der Waals surface area contributed by atoms with Crippen LogP contribution in [0, 0.1) is 5.92 Å². The maximum absolute atomic E-state index is 11.9. The molecule has 0 aromatic heterocycles. The minimum absolute atomic E-state index is 0.192.